The van der Waals surface area contributed by atoms with E-state index in [2.05, 4.69) is 115 Å². The van der Waals surface area contributed by atoms with Gasteiger partial charge in [-0.15, -0.1) is 11.3 Å². The zero-order chi connectivity index (χ0) is 33.0. The van der Waals surface area contributed by atoms with Crippen LogP contribution in [0.25, 0.3) is 98.8 Å². The molecule has 0 amide bonds. The van der Waals surface area contributed by atoms with Crippen LogP contribution >= 0.6 is 11.3 Å². The minimum absolute atomic E-state index is 0.554. The van der Waals surface area contributed by atoms with Crippen LogP contribution in [0.3, 0.4) is 0 Å². The lowest BCUT2D eigenvalue weighted by molar-refractivity contribution is 0.620. The maximum atomic E-state index is 6.58. The maximum Gasteiger partial charge on any atom is 0.227 e. The van der Waals surface area contributed by atoms with Crippen LogP contribution in [0.1, 0.15) is 0 Å². The van der Waals surface area contributed by atoms with E-state index >= 15 is 0 Å². The molecule has 3 aromatic heterocycles. The van der Waals surface area contributed by atoms with Gasteiger partial charge in [-0.1, -0.05) is 133 Å². The predicted molar refractivity (Wildman–Crippen MR) is 205 cm³/mol. The normalized spacial score (nSPS) is 11.6. The van der Waals surface area contributed by atoms with Crippen molar-refractivity contribution in [1.82, 2.24) is 19.9 Å². The molecule has 0 aliphatic heterocycles. The smallest absolute Gasteiger partial charge is 0.227 e. The van der Waals surface area contributed by atoms with Crippen LogP contribution in [0.4, 0.5) is 0 Å². The molecule has 7 aromatic carbocycles. The molecular formula is C44H26N4OS. The first-order valence-electron chi connectivity index (χ1n) is 16.5. The zero-order valence-corrected chi connectivity index (χ0v) is 27.4. The molecule has 3 heterocycles. The van der Waals surface area contributed by atoms with Crippen molar-refractivity contribution in [3.63, 3.8) is 0 Å². The predicted octanol–water partition coefficient (Wildman–Crippen LogP) is 11.9. The highest BCUT2D eigenvalue weighted by atomic mass is 32.1. The average molecular weight is 659 g/mol. The number of aromatic nitrogens is 4. The zero-order valence-electron chi connectivity index (χ0n) is 26.6. The van der Waals surface area contributed by atoms with Crippen molar-refractivity contribution in [1.29, 1.82) is 0 Å². The van der Waals surface area contributed by atoms with E-state index in [4.69, 9.17) is 24.4 Å². The summed E-state index contributed by atoms with van der Waals surface area (Å²) in [5, 5.41) is 4.50. The summed E-state index contributed by atoms with van der Waals surface area (Å²) in [7, 11) is 0. The van der Waals surface area contributed by atoms with Gasteiger partial charge in [0.1, 0.15) is 5.52 Å². The van der Waals surface area contributed by atoms with Crippen LogP contribution in [0.15, 0.2) is 162 Å². The summed E-state index contributed by atoms with van der Waals surface area (Å²) < 4.78 is 8.85. The van der Waals surface area contributed by atoms with E-state index in [1.54, 1.807) is 11.3 Å². The Morgan fingerprint density at radius 2 is 1.00 bits per heavy atom. The fourth-order valence-electron chi connectivity index (χ4n) is 6.71. The third-order valence-corrected chi connectivity index (χ3v) is 10.3. The number of fused-ring (bicyclic) bond motifs is 5. The Labute approximate surface area is 291 Å². The molecule has 0 spiro atoms. The Morgan fingerprint density at radius 1 is 0.420 bits per heavy atom. The Hall–Kier alpha value is -6.50. The van der Waals surface area contributed by atoms with Gasteiger partial charge in [-0.05, 0) is 40.1 Å². The molecule has 0 bridgehead atoms. The number of hydrogen-bond acceptors (Lipinski definition) is 6. The van der Waals surface area contributed by atoms with Crippen LogP contribution in [-0.4, -0.2) is 19.9 Å². The molecule has 50 heavy (non-hydrogen) atoms. The Morgan fingerprint density at radius 3 is 1.78 bits per heavy atom. The van der Waals surface area contributed by atoms with Gasteiger partial charge >= 0.3 is 0 Å². The highest BCUT2D eigenvalue weighted by Gasteiger charge is 2.23. The summed E-state index contributed by atoms with van der Waals surface area (Å²) in [6, 6.07) is 54.1. The second kappa shape index (κ2) is 11.6. The molecule has 0 saturated heterocycles. The van der Waals surface area contributed by atoms with Crippen molar-refractivity contribution in [2.24, 2.45) is 0 Å². The Balaban J connectivity index is 1.23. The molecule has 6 heteroatoms. The van der Waals surface area contributed by atoms with Gasteiger partial charge in [0.05, 0.1) is 5.56 Å². The standard InChI is InChI=1S/C44H26N4OS/c1-3-11-27(12-4-1)29-19-22-31(23-20-29)42-46-41(30-14-5-2-6-15-30)47-43(48-42)39-38-34-17-9-10-18-36(34)50-37(38)26-35-40(39)45-44(49-35)33-24-21-28-13-7-8-16-32(28)25-33/h1-26H. The Bertz CT molecular complexity index is 2860. The number of nitrogens with zero attached hydrogens (tertiary/aromatic N) is 4. The summed E-state index contributed by atoms with van der Waals surface area (Å²) in [5.74, 6) is 2.30. The summed E-state index contributed by atoms with van der Waals surface area (Å²) in [5.41, 5.74) is 7.28. The molecule has 5 nitrogen and oxygen atoms in total. The molecule has 0 aliphatic rings. The van der Waals surface area contributed by atoms with Crippen LogP contribution in [0, 0.1) is 0 Å². The van der Waals surface area contributed by atoms with Crippen molar-refractivity contribution >= 4 is 53.4 Å². The second-order valence-corrected chi connectivity index (χ2v) is 13.4. The van der Waals surface area contributed by atoms with Gasteiger partial charge in [0.25, 0.3) is 0 Å². The van der Waals surface area contributed by atoms with Gasteiger partial charge in [-0.25, -0.2) is 19.9 Å². The van der Waals surface area contributed by atoms with Gasteiger partial charge < -0.3 is 4.42 Å². The third-order valence-electron chi connectivity index (χ3n) is 9.16. The lowest BCUT2D eigenvalue weighted by Crippen LogP contribution is -2.01. The number of rotatable bonds is 5. The van der Waals surface area contributed by atoms with Crippen LogP contribution in [0.5, 0.6) is 0 Å². The molecule has 0 radical (unpaired) electrons. The first-order valence-corrected chi connectivity index (χ1v) is 17.3. The largest absolute Gasteiger partial charge is 0.436 e. The van der Waals surface area contributed by atoms with Gasteiger partial charge in [-0.3, -0.25) is 0 Å². The first kappa shape index (κ1) is 28.5. The molecule has 0 atom stereocenters. The number of oxazole rings is 1. The van der Waals surface area contributed by atoms with Gasteiger partial charge in [0, 0.05) is 42.9 Å². The van der Waals surface area contributed by atoms with Crippen molar-refractivity contribution < 1.29 is 4.42 Å². The van der Waals surface area contributed by atoms with Gasteiger partial charge in [0.2, 0.25) is 5.89 Å². The van der Waals surface area contributed by atoms with E-state index in [0.717, 1.165) is 59.8 Å². The summed E-state index contributed by atoms with van der Waals surface area (Å²) in [4.78, 5) is 20.6. The minimum Gasteiger partial charge on any atom is -0.436 e. The molecule has 0 unspecified atom stereocenters. The van der Waals surface area contributed by atoms with Gasteiger partial charge in [0.15, 0.2) is 23.1 Å². The lowest BCUT2D eigenvalue weighted by atomic mass is 10.0. The van der Waals surface area contributed by atoms with E-state index in [0.29, 0.717) is 28.9 Å². The molecule has 0 saturated carbocycles. The molecule has 10 rings (SSSR count). The van der Waals surface area contributed by atoms with Crippen LogP contribution in [-0.2, 0) is 0 Å². The second-order valence-electron chi connectivity index (χ2n) is 12.3. The third kappa shape index (κ3) is 4.85. The van der Waals surface area contributed by atoms with Crippen LogP contribution < -0.4 is 0 Å². The van der Waals surface area contributed by atoms with Crippen molar-refractivity contribution in [2.75, 3.05) is 0 Å². The highest BCUT2D eigenvalue weighted by Crippen LogP contribution is 2.44. The van der Waals surface area contributed by atoms with E-state index in [-0.39, 0.29) is 0 Å². The number of thiophene rings is 1. The molecule has 10 aromatic rings. The summed E-state index contributed by atoms with van der Waals surface area (Å²) in [6.07, 6.45) is 0. The summed E-state index contributed by atoms with van der Waals surface area (Å²) >= 11 is 1.73. The number of benzene rings is 7. The van der Waals surface area contributed by atoms with E-state index in [1.165, 1.54) is 10.1 Å². The average Bonchev–Trinajstić information content (AvgIpc) is 3.79. The fourth-order valence-corrected chi connectivity index (χ4v) is 7.85. The van der Waals surface area contributed by atoms with E-state index in [1.807, 2.05) is 42.5 Å². The molecule has 0 N–H and O–H groups in total. The minimum atomic E-state index is 0.554. The number of hydrogen-bond donors (Lipinski definition) is 0. The quantitative estimate of drug-likeness (QED) is 0.184. The Kier molecular flexibility index (Phi) is 6.60. The van der Waals surface area contributed by atoms with Crippen molar-refractivity contribution in [2.45, 2.75) is 0 Å². The molecule has 234 valence electrons. The van der Waals surface area contributed by atoms with Gasteiger partial charge in [-0.2, -0.15) is 0 Å². The molecule has 0 aliphatic carbocycles. The van der Waals surface area contributed by atoms with Crippen molar-refractivity contribution in [3.05, 3.63) is 158 Å². The molecule has 0 fully saturated rings. The summed E-state index contributed by atoms with van der Waals surface area (Å²) in [6.45, 7) is 0. The fraction of sp³-hybridized carbons (Fsp3) is 0. The van der Waals surface area contributed by atoms with E-state index < -0.39 is 0 Å². The topological polar surface area (TPSA) is 64.7 Å². The maximum absolute atomic E-state index is 6.58. The lowest BCUT2D eigenvalue weighted by Gasteiger charge is -2.10. The highest BCUT2D eigenvalue weighted by molar-refractivity contribution is 7.26. The van der Waals surface area contributed by atoms with Crippen molar-refractivity contribution in [3.8, 4) is 56.7 Å². The SMILES string of the molecule is c1ccc(-c2ccc(-c3nc(-c4ccccc4)nc(-c4c5nc(-c6ccc7ccccc7c6)oc5cc5sc6ccccc6c45)n3)cc2)cc1. The van der Waals surface area contributed by atoms with Crippen LogP contribution in [0.2, 0.25) is 0 Å². The molecular weight excluding hydrogens is 633 g/mol. The van der Waals surface area contributed by atoms with E-state index in [9.17, 15) is 0 Å². The monoisotopic (exact) mass is 658 g/mol. The first-order chi connectivity index (χ1) is 24.7.